The van der Waals surface area contributed by atoms with Crippen molar-refractivity contribution in [1.29, 1.82) is 0 Å². The molecule has 4 aromatic heterocycles. The van der Waals surface area contributed by atoms with Gasteiger partial charge in [-0.25, -0.2) is 9.97 Å². The summed E-state index contributed by atoms with van der Waals surface area (Å²) in [5, 5.41) is 18.6. The zero-order valence-electron chi connectivity index (χ0n) is 63.2. The van der Waals surface area contributed by atoms with Crippen LogP contribution >= 0.6 is 0 Å². The van der Waals surface area contributed by atoms with Gasteiger partial charge in [0.15, 0.2) is 0 Å². The molecule has 0 amide bonds. The van der Waals surface area contributed by atoms with Crippen LogP contribution in [0.1, 0.15) is 64.9 Å². The number of hydrogen-bond donors (Lipinski definition) is 6. The molecule has 0 saturated carbocycles. The standard InChI is InChI=1S/C11H10.C10H11N.3C8H8N2.C8H9N.C8H7N.C8H10.8CH3B2.2CH4/c1-9-5-4-7-10-6-2-3-8-11(9)10;1-7-4-3-5-10-9(7)6-8(2)11-10;1-6-3-2-4-8-7(6)5-9-10-8;2*1-6-3-2-4-7-8(6)10-5-9-7;2*1-2-4-8-7(3-1)5-6-9-8;1-7-4-3-5-8(2)6-7;8*1-3-2;;/h2-8H,1H3;3-5,11H,2,6H2,1H3;3*2-5H,1H3,(H,9,10);1-4,9H,5-6H2;1-6,9H;3-6H,1-2H3;8*1H3;2*1H4. The number of fused-ring (bicyclic) bond motifs is 7. The van der Waals surface area contributed by atoms with Crippen molar-refractivity contribution in [2.45, 2.75) is 131 Å². The van der Waals surface area contributed by atoms with Crippen LogP contribution in [0.15, 0.2) is 231 Å². The number of aromatic amines is 4. The molecule has 24 radical (unpaired) electrons. The Morgan fingerprint density at radius 2 is 0.779 bits per heavy atom. The summed E-state index contributed by atoms with van der Waals surface area (Å²) in [5.74, 6) is 0. The molecule has 0 aliphatic carbocycles. The number of aromatic nitrogens is 7. The average Bonchev–Trinajstić information content (AvgIpc) is 1.13. The second-order valence-corrected chi connectivity index (χ2v) is 22.2. The van der Waals surface area contributed by atoms with Crippen LogP contribution in [-0.4, -0.2) is 161 Å². The van der Waals surface area contributed by atoms with E-state index in [9.17, 15) is 0 Å². The highest BCUT2D eigenvalue weighted by atomic mass is 15.1. The zero-order chi connectivity index (χ0) is 76.3. The smallest absolute Gasteiger partial charge is 0.0931 e. The predicted molar refractivity (Wildman–Crippen MR) is 484 cm³/mol. The Morgan fingerprint density at radius 1 is 0.385 bits per heavy atom. The van der Waals surface area contributed by atoms with Crippen molar-refractivity contribution in [3.63, 3.8) is 0 Å². The number of nitrogens with zero attached hydrogens (tertiary/aromatic N) is 3. The summed E-state index contributed by atoms with van der Waals surface area (Å²) in [6.07, 6.45) is 9.42. The number of H-pyrrole nitrogens is 4. The van der Waals surface area contributed by atoms with Crippen LogP contribution < -0.4 is 10.6 Å². The van der Waals surface area contributed by atoms with Gasteiger partial charge in [0.05, 0.1) is 104 Å². The quantitative estimate of drug-likeness (QED) is 0.0844. The molecule has 0 saturated heterocycles. The van der Waals surface area contributed by atoms with Crippen molar-refractivity contribution in [3.8, 4) is 0 Å². The first kappa shape index (κ1) is 99.7. The van der Waals surface area contributed by atoms with E-state index < -0.39 is 0 Å². The first-order valence-electron chi connectivity index (χ1n) is 33.8. The molecule has 6 heterocycles. The minimum atomic E-state index is 0. The first-order chi connectivity index (χ1) is 49.3. The first-order valence-corrected chi connectivity index (χ1v) is 33.8. The SMILES string of the molecule is C.C.C=C1Cc2c(C)cccc2N1.Cc1cccc(C)c1.Cc1cccc2[nH]cnc12.Cc1cccc2[nH]cnc12.Cc1cccc2[nH]ncc12.Cc1cccc2ccccc12.[B][B]C.[B][B]C.[B][B]C.[B][B]C.[B][B]C.[B][B]C.[B][B]C.[B][B]C.c1ccc2[nH]ccc2c1.c1ccc2c(c1)CCN2. The van der Waals surface area contributed by atoms with Crippen molar-refractivity contribution in [2.75, 3.05) is 17.2 Å². The van der Waals surface area contributed by atoms with Crippen LogP contribution in [0.5, 0.6) is 0 Å². The molecular formula is C79H103B16N9. The summed E-state index contributed by atoms with van der Waals surface area (Å²) in [6, 6.07) is 66.7. The number of nitrogens with one attached hydrogen (secondary N) is 6. The Morgan fingerprint density at radius 3 is 1.24 bits per heavy atom. The van der Waals surface area contributed by atoms with Gasteiger partial charge in [-0.1, -0.05) is 184 Å². The Bertz CT molecular complexity index is 3930. The number of benzene rings is 9. The maximum atomic E-state index is 4.72. The molecule has 104 heavy (non-hydrogen) atoms. The van der Waals surface area contributed by atoms with Crippen molar-refractivity contribution in [2.24, 2.45) is 0 Å². The highest BCUT2D eigenvalue weighted by Crippen LogP contribution is 2.29. The number of hydrogen-bond acceptors (Lipinski definition) is 5. The molecule has 15 rings (SSSR count). The van der Waals surface area contributed by atoms with Gasteiger partial charge in [-0.2, -0.15) is 5.10 Å². The Balaban J connectivity index is -0.00000107. The van der Waals surface area contributed by atoms with Gasteiger partial charge >= 0.3 is 0 Å². The number of rotatable bonds is 0. The maximum absolute atomic E-state index is 4.72. The van der Waals surface area contributed by atoms with E-state index in [4.69, 9.17) is 61.9 Å². The van der Waals surface area contributed by atoms with Gasteiger partial charge in [-0.05, 0) is 152 Å². The lowest BCUT2D eigenvalue weighted by atomic mass is 9.59. The average molecular weight is 1350 g/mol. The highest BCUT2D eigenvalue weighted by Gasteiger charge is 2.14. The molecule has 2 aliphatic heterocycles. The van der Waals surface area contributed by atoms with Gasteiger partial charge in [-0.15, -0.1) is 54.6 Å². The number of para-hydroxylation sites is 4. The van der Waals surface area contributed by atoms with Gasteiger partial charge < -0.3 is 25.6 Å². The minimum absolute atomic E-state index is 0. The monoisotopic (exact) mass is 1350 g/mol. The molecule has 13 aromatic rings. The number of allylic oxidation sites excluding steroid dienone is 1. The molecule has 512 valence electrons. The predicted octanol–water partition coefficient (Wildman–Crippen LogP) is 17.2. The van der Waals surface area contributed by atoms with Crippen LogP contribution in [0.2, 0.25) is 54.6 Å². The van der Waals surface area contributed by atoms with Gasteiger partial charge in [0.2, 0.25) is 0 Å². The van der Waals surface area contributed by atoms with Crippen LogP contribution in [-0.2, 0) is 12.8 Å². The molecule has 9 nitrogen and oxygen atoms in total. The van der Waals surface area contributed by atoms with E-state index in [-0.39, 0.29) is 14.9 Å². The van der Waals surface area contributed by atoms with Crippen LogP contribution in [0.25, 0.3) is 54.6 Å². The summed E-state index contributed by atoms with van der Waals surface area (Å²) >= 11 is 0. The van der Waals surface area contributed by atoms with Gasteiger partial charge in [-0.3, -0.25) is 5.10 Å². The third kappa shape index (κ3) is 41.8. The third-order valence-corrected chi connectivity index (χ3v) is 13.5. The Kier molecular flexibility index (Phi) is 61.6. The summed E-state index contributed by atoms with van der Waals surface area (Å²) in [7, 11) is 49.8. The van der Waals surface area contributed by atoms with Crippen LogP contribution in [0.4, 0.5) is 11.4 Å². The van der Waals surface area contributed by atoms with Gasteiger partial charge in [0.1, 0.15) is 0 Å². The number of anilines is 2. The van der Waals surface area contributed by atoms with Crippen molar-refractivity contribution in [3.05, 3.63) is 282 Å². The molecule has 0 fully saturated rings. The molecule has 6 N–H and O–H groups in total. The van der Waals surface area contributed by atoms with Gasteiger partial charge in [0.25, 0.3) is 0 Å². The normalized spacial score (nSPS) is 9.51. The number of aryl methyl sites for hydroxylation is 7. The van der Waals surface area contributed by atoms with E-state index in [0.29, 0.717) is 0 Å². The molecule has 9 aromatic carbocycles. The lowest BCUT2D eigenvalue weighted by Gasteiger charge is -2.00. The highest BCUT2D eigenvalue weighted by molar-refractivity contribution is 6.90. The van der Waals surface area contributed by atoms with Crippen LogP contribution in [0, 0.1) is 48.5 Å². The van der Waals surface area contributed by atoms with E-state index in [1.165, 1.54) is 152 Å². The second-order valence-electron chi connectivity index (χ2n) is 22.2. The minimum Gasteiger partial charge on any atom is -0.384 e. The van der Waals surface area contributed by atoms with Gasteiger partial charge in [0, 0.05) is 109 Å². The maximum Gasteiger partial charge on any atom is 0.0931 e. The second kappa shape index (κ2) is 64.2. The summed E-state index contributed by atoms with van der Waals surface area (Å²) in [6.45, 7) is 33.9. The molecular weight excluding hydrogens is 1250 g/mol. The van der Waals surface area contributed by atoms with Crippen molar-refractivity contribution in [1.82, 2.24) is 35.1 Å². The summed E-state index contributed by atoms with van der Waals surface area (Å²) in [4.78, 5) is 17.5. The molecule has 25 heteroatoms. The zero-order valence-corrected chi connectivity index (χ0v) is 63.2. The van der Waals surface area contributed by atoms with E-state index in [1.807, 2.05) is 60.9 Å². The van der Waals surface area contributed by atoms with Crippen molar-refractivity contribution >= 4 is 185 Å². The number of imidazole rings is 2. The molecule has 0 bridgehead atoms. The molecule has 0 atom stereocenters. The van der Waals surface area contributed by atoms with E-state index in [2.05, 4.69) is 246 Å². The fraction of sp³-hybridized carbons (Fsp3) is 0.253. The Labute approximate surface area is 645 Å². The molecule has 0 spiro atoms. The lowest BCUT2D eigenvalue weighted by molar-refractivity contribution is 1.11. The molecule has 2 aliphatic rings. The summed E-state index contributed by atoms with van der Waals surface area (Å²) < 4.78 is 0. The van der Waals surface area contributed by atoms with E-state index in [0.717, 1.165) is 46.2 Å². The lowest BCUT2D eigenvalue weighted by Crippen LogP contribution is -1.90. The topological polar surface area (TPSA) is 126 Å². The van der Waals surface area contributed by atoms with E-state index in [1.54, 1.807) is 67.2 Å². The third-order valence-electron chi connectivity index (χ3n) is 13.5. The summed E-state index contributed by atoms with van der Waals surface area (Å²) in [5.41, 5.74) is 22.3. The largest absolute Gasteiger partial charge is 0.384 e. The van der Waals surface area contributed by atoms with E-state index >= 15 is 0 Å². The Hall–Kier alpha value is -8.43. The van der Waals surface area contributed by atoms with Crippen LogP contribution in [0.3, 0.4) is 0 Å². The molecule has 0 unspecified atom stereocenters. The fourth-order valence-corrected chi connectivity index (χ4v) is 9.28. The van der Waals surface area contributed by atoms with Crippen molar-refractivity contribution < 1.29 is 0 Å². The fourth-order valence-electron chi connectivity index (χ4n) is 9.28.